The minimum Gasteiger partial charge on any atom is -0.466 e. The number of piperidine rings is 2. The van der Waals surface area contributed by atoms with Crippen LogP contribution < -0.4 is 0 Å². The zero-order valence-corrected chi connectivity index (χ0v) is 13.3. The van der Waals surface area contributed by atoms with Gasteiger partial charge in [0, 0.05) is 13.1 Å². The molecule has 0 bridgehead atoms. The third-order valence-electron chi connectivity index (χ3n) is 4.63. The van der Waals surface area contributed by atoms with Crippen molar-refractivity contribution in [1.29, 1.82) is 0 Å². The van der Waals surface area contributed by atoms with Gasteiger partial charge >= 0.3 is 5.97 Å². The Morgan fingerprint density at radius 1 is 1.14 bits per heavy atom. The van der Waals surface area contributed by atoms with Crippen molar-refractivity contribution in [3.8, 4) is 0 Å². The molecule has 0 aromatic rings. The van der Waals surface area contributed by atoms with Gasteiger partial charge in [-0.3, -0.25) is 14.5 Å². The van der Waals surface area contributed by atoms with Crippen molar-refractivity contribution < 1.29 is 14.3 Å². The van der Waals surface area contributed by atoms with Gasteiger partial charge in [0.25, 0.3) is 0 Å². The molecule has 0 N–H and O–H groups in total. The topological polar surface area (TPSA) is 49.9 Å². The SMILES string of the molecule is CCOC(=O)C1CCCN(C(=O)CN2CCC(C)CC2)C1. The van der Waals surface area contributed by atoms with E-state index in [1.807, 2.05) is 11.8 Å². The molecule has 5 nitrogen and oxygen atoms in total. The first-order valence-electron chi connectivity index (χ1n) is 8.27. The first-order chi connectivity index (χ1) is 10.1. The number of ether oxygens (including phenoxy) is 1. The van der Waals surface area contributed by atoms with E-state index in [0.29, 0.717) is 19.7 Å². The standard InChI is InChI=1S/C16H28N2O3/c1-3-21-16(20)14-5-4-8-18(11-14)15(19)12-17-9-6-13(2)7-10-17/h13-14H,3-12H2,1-2H3. The van der Waals surface area contributed by atoms with Crippen LogP contribution in [0.1, 0.15) is 39.5 Å². The van der Waals surface area contributed by atoms with Crippen molar-refractivity contribution in [3.63, 3.8) is 0 Å². The van der Waals surface area contributed by atoms with Crippen LogP contribution in [0.15, 0.2) is 0 Å². The van der Waals surface area contributed by atoms with Crippen LogP contribution in [-0.2, 0) is 14.3 Å². The lowest BCUT2D eigenvalue weighted by Crippen LogP contribution is -2.48. The average molecular weight is 296 g/mol. The molecule has 2 rings (SSSR count). The molecule has 1 amide bonds. The highest BCUT2D eigenvalue weighted by atomic mass is 16.5. The van der Waals surface area contributed by atoms with Crippen molar-refractivity contribution in [3.05, 3.63) is 0 Å². The molecule has 0 saturated carbocycles. The van der Waals surface area contributed by atoms with Gasteiger partial charge in [-0.05, 0) is 51.6 Å². The Labute approximate surface area is 127 Å². The largest absolute Gasteiger partial charge is 0.466 e. The number of rotatable bonds is 4. The number of esters is 1. The van der Waals surface area contributed by atoms with Gasteiger partial charge in [0.1, 0.15) is 0 Å². The van der Waals surface area contributed by atoms with Gasteiger partial charge in [-0.1, -0.05) is 6.92 Å². The van der Waals surface area contributed by atoms with E-state index in [2.05, 4.69) is 11.8 Å². The van der Waals surface area contributed by atoms with Crippen LogP contribution >= 0.6 is 0 Å². The fraction of sp³-hybridized carbons (Fsp3) is 0.875. The van der Waals surface area contributed by atoms with Crippen molar-refractivity contribution in [2.75, 3.05) is 39.3 Å². The Hall–Kier alpha value is -1.10. The smallest absolute Gasteiger partial charge is 0.310 e. The fourth-order valence-corrected chi connectivity index (χ4v) is 3.17. The van der Waals surface area contributed by atoms with Crippen LogP contribution in [0.25, 0.3) is 0 Å². The summed E-state index contributed by atoms with van der Waals surface area (Å²) in [6.45, 7) is 8.34. The summed E-state index contributed by atoms with van der Waals surface area (Å²) in [5.74, 6) is 0.656. The van der Waals surface area contributed by atoms with Crippen LogP contribution in [0.5, 0.6) is 0 Å². The molecular weight excluding hydrogens is 268 g/mol. The van der Waals surface area contributed by atoms with E-state index in [1.165, 1.54) is 12.8 Å². The fourth-order valence-electron chi connectivity index (χ4n) is 3.17. The average Bonchev–Trinajstić information content (AvgIpc) is 2.50. The first kappa shape index (κ1) is 16.3. The van der Waals surface area contributed by atoms with Crippen molar-refractivity contribution >= 4 is 11.9 Å². The lowest BCUT2D eigenvalue weighted by Gasteiger charge is -2.35. The number of amides is 1. The van der Waals surface area contributed by atoms with Crippen molar-refractivity contribution in [2.45, 2.75) is 39.5 Å². The normalized spacial score (nSPS) is 24.9. The van der Waals surface area contributed by atoms with Crippen LogP contribution in [0.2, 0.25) is 0 Å². The first-order valence-corrected chi connectivity index (χ1v) is 8.27. The summed E-state index contributed by atoms with van der Waals surface area (Å²) in [5.41, 5.74) is 0. The molecule has 0 aromatic heterocycles. The number of carbonyl (C=O) groups is 2. The Morgan fingerprint density at radius 2 is 1.86 bits per heavy atom. The maximum Gasteiger partial charge on any atom is 0.310 e. The second kappa shape index (κ2) is 7.78. The van der Waals surface area contributed by atoms with E-state index in [4.69, 9.17) is 4.74 Å². The molecule has 2 heterocycles. The summed E-state index contributed by atoms with van der Waals surface area (Å²) in [7, 11) is 0. The predicted molar refractivity (Wildman–Crippen MR) is 80.8 cm³/mol. The molecule has 120 valence electrons. The lowest BCUT2D eigenvalue weighted by molar-refractivity contribution is -0.151. The Morgan fingerprint density at radius 3 is 2.52 bits per heavy atom. The molecule has 0 aliphatic carbocycles. The van der Waals surface area contributed by atoms with Gasteiger partial charge in [0.15, 0.2) is 0 Å². The van der Waals surface area contributed by atoms with E-state index in [-0.39, 0.29) is 17.8 Å². The van der Waals surface area contributed by atoms with Gasteiger partial charge in [-0.25, -0.2) is 0 Å². The number of hydrogen-bond donors (Lipinski definition) is 0. The molecule has 2 aliphatic heterocycles. The van der Waals surface area contributed by atoms with E-state index in [1.54, 1.807) is 0 Å². The summed E-state index contributed by atoms with van der Waals surface area (Å²) >= 11 is 0. The second-order valence-corrected chi connectivity index (χ2v) is 6.39. The van der Waals surface area contributed by atoms with E-state index >= 15 is 0 Å². The van der Waals surface area contributed by atoms with E-state index in [9.17, 15) is 9.59 Å². The highest BCUT2D eigenvalue weighted by molar-refractivity contribution is 5.80. The van der Waals surface area contributed by atoms with Crippen LogP contribution in [-0.4, -0.2) is 61.0 Å². The summed E-state index contributed by atoms with van der Waals surface area (Å²) in [4.78, 5) is 28.3. The monoisotopic (exact) mass is 296 g/mol. The Balaban J connectivity index is 1.80. The van der Waals surface area contributed by atoms with E-state index in [0.717, 1.165) is 38.4 Å². The molecule has 1 unspecified atom stereocenters. The molecular formula is C16H28N2O3. The summed E-state index contributed by atoms with van der Waals surface area (Å²) in [6, 6.07) is 0. The molecule has 0 spiro atoms. The highest BCUT2D eigenvalue weighted by Crippen LogP contribution is 2.19. The molecule has 0 aromatic carbocycles. The number of likely N-dealkylation sites (tertiary alicyclic amines) is 2. The molecule has 2 saturated heterocycles. The maximum atomic E-state index is 12.4. The quantitative estimate of drug-likeness (QED) is 0.738. The molecule has 2 aliphatic rings. The molecule has 2 fully saturated rings. The summed E-state index contributed by atoms with van der Waals surface area (Å²) in [6.07, 6.45) is 4.09. The zero-order chi connectivity index (χ0) is 15.2. The van der Waals surface area contributed by atoms with Crippen LogP contribution in [0.3, 0.4) is 0 Å². The minimum absolute atomic E-state index is 0.135. The molecule has 5 heteroatoms. The number of nitrogens with zero attached hydrogens (tertiary/aromatic N) is 2. The molecule has 1 atom stereocenters. The van der Waals surface area contributed by atoms with Gasteiger partial charge in [-0.2, -0.15) is 0 Å². The van der Waals surface area contributed by atoms with Crippen LogP contribution in [0.4, 0.5) is 0 Å². The van der Waals surface area contributed by atoms with Gasteiger partial charge in [0.2, 0.25) is 5.91 Å². The number of carbonyl (C=O) groups excluding carboxylic acids is 2. The Kier molecular flexibility index (Phi) is 6.03. The molecule has 0 radical (unpaired) electrons. The molecule has 21 heavy (non-hydrogen) atoms. The number of hydrogen-bond acceptors (Lipinski definition) is 4. The predicted octanol–water partition coefficient (Wildman–Crippen LogP) is 1.52. The second-order valence-electron chi connectivity index (χ2n) is 6.39. The Bertz CT molecular complexity index is 365. The highest BCUT2D eigenvalue weighted by Gasteiger charge is 2.30. The van der Waals surface area contributed by atoms with Gasteiger partial charge in [0.05, 0.1) is 19.1 Å². The third kappa shape index (κ3) is 4.70. The van der Waals surface area contributed by atoms with Crippen molar-refractivity contribution in [1.82, 2.24) is 9.80 Å². The van der Waals surface area contributed by atoms with E-state index < -0.39 is 0 Å². The maximum absolute atomic E-state index is 12.4. The lowest BCUT2D eigenvalue weighted by atomic mass is 9.97. The minimum atomic E-state index is -0.151. The van der Waals surface area contributed by atoms with Crippen molar-refractivity contribution in [2.24, 2.45) is 11.8 Å². The van der Waals surface area contributed by atoms with Gasteiger partial charge < -0.3 is 9.64 Å². The van der Waals surface area contributed by atoms with Gasteiger partial charge in [-0.15, -0.1) is 0 Å². The summed E-state index contributed by atoms with van der Waals surface area (Å²) in [5, 5.41) is 0. The summed E-state index contributed by atoms with van der Waals surface area (Å²) < 4.78 is 5.08. The zero-order valence-electron chi connectivity index (χ0n) is 13.3. The van der Waals surface area contributed by atoms with Crippen LogP contribution in [0, 0.1) is 11.8 Å². The third-order valence-corrected chi connectivity index (χ3v) is 4.63.